The van der Waals surface area contributed by atoms with Gasteiger partial charge in [-0.15, -0.1) is 0 Å². The molecule has 9 unspecified atom stereocenters. The molecule has 0 aromatic heterocycles. The van der Waals surface area contributed by atoms with E-state index in [1.54, 1.807) is 39.0 Å². The fourth-order valence-corrected chi connectivity index (χ4v) is 9.51. The van der Waals surface area contributed by atoms with Gasteiger partial charge in [0, 0.05) is 23.3 Å². The van der Waals surface area contributed by atoms with Crippen molar-refractivity contribution in [2.45, 2.75) is 156 Å². The molecule has 4 aliphatic rings. The summed E-state index contributed by atoms with van der Waals surface area (Å²) in [7, 11) is 0. The Kier molecular flexibility index (Phi) is 13.6. The number of rotatable bonds is 19. The van der Waals surface area contributed by atoms with Crippen molar-refractivity contribution in [2.24, 2.45) is 34.5 Å². The Hall–Kier alpha value is -2.29. The third-order valence-electron chi connectivity index (χ3n) is 12.7. The van der Waals surface area contributed by atoms with Crippen LogP contribution in [0.3, 0.4) is 0 Å². The highest BCUT2D eigenvalue weighted by Crippen LogP contribution is 2.72. The van der Waals surface area contributed by atoms with E-state index < -0.39 is 53.1 Å². The van der Waals surface area contributed by atoms with Gasteiger partial charge in [-0.05, 0) is 62.5 Å². The quantitative estimate of drug-likeness (QED) is 0.0558. The molecule has 276 valence electrons. The first kappa shape index (κ1) is 39.5. The molecule has 0 saturated heterocycles. The van der Waals surface area contributed by atoms with Crippen molar-refractivity contribution in [1.82, 2.24) is 0 Å². The van der Waals surface area contributed by atoms with Crippen LogP contribution in [0.5, 0.6) is 0 Å². The highest BCUT2D eigenvalue weighted by molar-refractivity contribution is 5.96. The summed E-state index contributed by atoms with van der Waals surface area (Å²) in [5, 5.41) is 34.6. The molecular weight excluding hydrogens is 620 g/mol. The minimum atomic E-state index is -2.19. The monoisotopic (exact) mass is 684 g/mol. The molecule has 4 rings (SSSR count). The SMILES string of the molecule is CC=C(C)C(=O)OC1C(CO)=CC2C(=O)C3(C=C(C)C(O)C13O)C(C)CC1C2C1(C)COC(=O)CCCCCCCCCCCCCCC. The molecule has 3 N–H and O–H groups in total. The summed E-state index contributed by atoms with van der Waals surface area (Å²) < 4.78 is 11.7. The van der Waals surface area contributed by atoms with Gasteiger partial charge in [0.25, 0.3) is 0 Å². The van der Waals surface area contributed by atoms with E-state index in [9.17, 15) is 29.7 Å². The van der Waals surface area contributed by atoms with Crippen molar-refractivity contribution < 1.29 is 39.2 Å². The minimum Gasteiger partial charge on any atom is -0.465 e. The molecule has 0 aromatic carbocycles. The number of hydrogen-bond acceptors (Lipinski definition) is 8. The molecule has 2 bridgehead atoms. The van der Waals surface area contributed by atoms with Crippen molar-refractivity contribution in [3.63, 3.8) is 0 Å². The van der Waals surface area contributed by atoms with E-state index in [-0.39, 0.29) is 35.8 Å². The van der Waals surface area contributed by atoms with Crippen molar-refractivity contribution in [2.75, 3.05) is 13.2 Å². The zero-order chi connectivity index (χ0) is 36.0. The number of unbranched alkanes of at least 4 members (excludes halogenated alkanes) is 12. The number of allylic oxidation sites excluding steroid dienone is 2. The van der Waals surface area contributed by atoms with Crippen LogP contribution in [0.1, 0.15) is 138 Å². The fourth-order valence-electron chi connectivity index (χ4n) is 9.51. The van der Waals surface area contributed by atoms with Gasteiger partial charge >= 0.3 is 11.9 Å². The van der Waals surface area contributed by atoms with Gasteiger partial charge in [-0.2, -0.15) is 0 Å². The van der Waals surface area contributed by atoms with Crippen LogP contribution in [0.15, 0.2) is 34.9 Å². The summed E-state index contributed by atoms with van der Waals surface area (Å²) in [6, 6.07) is 0. The molecule has 9 atom stereocenters. The molecule has 8 heteroatoms. The second-order valence-corrected chi connectivity index (χ2v) is 16.0. The van der Waals surface area contributed by atoms with Gasteiger partial charge in [0.1, 0.15) is 6.10 Å². The third-order valence-corrected chi connectivity index (χ3v) is 12.7. The zero-order valence-corrected chi connectivity index (χ0v) is 31.1. The fraction of sp³-hybridized carbons (Fsp3) is 0.780. The standard InChI is InChI=1S/C41H64O8/c1-7-9-10-11-12-13-14-15-16-17-18-19-20-21-33(43)48-26-39(6)32-22-29(5)40-24-28(4)35(44)41(40,47)37(49-38(46)27(3)8-2)30(25-42)23-31(34(32)39)36(40)45/h8,23-24,29,31-32,34-35,37,42,44,47H,7,9-22,25-26H2,1-6H3. The van der Waals surface area contributed by atoms with Crippen molar-refractivity contribution in [3.8, 4) is 0 Å². The Morgan fingerprint density at radius 2 is 1.57 bits per heavy atom. The molecule has 0 aromatic rings. The van der Waals surface area contributed by atoms with Crippen molar-refractivity contribution >= 4 is 17.7 Å². The Morgan fingerprint density at radius 1 is 1.00 bits per heavy atom. The van der Waals surface area contributed by atoms with Gasteiger partial charge in [-0.1, -0.05) is 116 Å². The summed E-state index contributed by atoms with van der Waals surface area (Å²) in [4.78, 5) is 40.6. The van der Waals surface area contributed by atoms with Gasteiger partial charge < -0.3 is 24.8 Å². The van der Waals surface area contributed by atoms with Gasteiger partial charge in [0.05, 0.1) is 18.6 Å². The number of esters is 2. The second kappa shape index (κ2) is 16.8. The van der Waals surface area contributed by atoms with Crippen LogP contribution in [0.4, 0.5) is 0 Å². The maximum Gasteiger partial charge on any atom is 0.334 e. The number of carbonyl (C=O) groups is 3. The predicted molar refractivity (Wildman–Crippen MR) is 190 cm³/mol. The number of fused-ring (bicyclic) bond motifs is 3. The molecule has 0 radical (unpaired) electrons. The Bertz CT molecular complexity index is 1280. The smallest absolute Gasteiger partial charge is 0.334 e. The van der Waals surface area contributed by atoms with Crippen LogP contribution in [0.2, 0.25) is 0 Å². The molecule has 0 heterocycles. The maximum atomic E-state index is 14.8. The van der Waals surface area contributed by atoms with Crippen LogP contribution in [-0.2, 0) is 23.9 Å². The van der Waals surface area contributed by atoms with Crippen molar-refractivity contribution in [3.05, 3.63) is 34.9 Å². The summed E-state index contributed by atoms with van der Waals surface area (Å²) in [5.74, 6) is -2.44. The van der Waals surface area contributed by atoms with Crippen LogP contribution < -0.4 is 0 Å². The van der Waals surface area contributed by atoms with Gasteiger partial charge in [-0.3, -0.25) is 9.59 Å². The van der Waals surface area contributed by atoms with Gasteiger partial charge in [0.2, 0.25) is 0 Å². The van der Waals surface area contributed by atoms with E-state index in [0.717, 1.165) is 19.3 Å². The molecule has 2 saturated carbocycles. The van der Waals surface area contributed by atoms with Gasteiger partial charge in [-0.25, -0.2) is 4.79 Å². The average Bonchev–Trinajstić information content (AvgIpc) is 3.63. The van der Waals surface area contributed by atoms with E-state index in [2.05, 4.69) is 13.8 Å². The largest absolute Gasteiger partial charge is 0.465 e. The van der Waals surface area contributed by atoms with E-state index in [0.29, 0.717) is 24.0 Å². The van der Waals surface area contributed by atoms with Crippen LogP contribution in [0.25, 0.3) is 0 Å². The van der Waals surface area contributed by atoms with Crippen molar-refractivity contribution in [1.29, 1.82) is 0 Å². The normalized spacial score (nSPS) is 35.0. The first-order valence-corrected chi connectivity index (χ1v) is 19.3. The van der Waals surface area contributed by atoms with Crippen LogP contribution in [0, 0.1) is 34.5 Å². The highest BCUT2D eigenvalue weighted by atomic mass is 16.6. The molecule has 49 heavy (non-hydrogen) atoms. The molecule has 1 spiro atoms. The lowest BCUT2D eigenvalue weighted by Gasteiger charge is -2.49. The zero-order valence-electron chi connectivity index (χ0n) is 31.1. The molecule has 4 aliphatic carbocycles. The van der Waals surface area contributed by atoms with E-state index in [1.165, 1.54) is 64.2 Å². The summed E-state index contributed by atoms with van der Waals surface area (Å²) in [6.07, 6.45) is 19.1. The number of aliphatic hydroxyl groups is 3. The lowest BCUT2D eigenvalue weighted by Crippen LogP contribution is -2.66. The Balaban J connectivity index is 1.36. The number of ketones is 1. The van der Waals surface area contributed by atoms with Crippen LogP contribution in [-0.4, -0.2) is 64.1 Å². The first-order chi connectivity index (χ1) is 23.3. The lowest BCUT2D eigenvalue weighted by molar-refractivity contribution is -0.202. The number of carbonyl (C=O) groups excluding carboxylic acids is 3. The summed E-state index contributed by atoms with van der Waals surface area (Å²) in [5.41, 5.74) is -3.22. The predicted octanol–water partition coefficient (Wildman–Crippen LogP) is 7.34. The maximum absolute atomic E-state index is 14.8. The van der Waals surface area contributed by atoms with E-state index >= 15 is 0 Å². The third kappa shape index (κ3) is 7.67. The van der Waals surface area contributed by atoms with E-state index in [4.69, 9.17) is 9.47 Å². The Morgan fingerprint density at radius 3 is 2.12 bits per heavy atom. The average molecular weight is 685 g/mol. The molecule has 0 aliphatic heterocycles. The summed E-state index contributed by atoms with van der Waals surface area (Å²) >= 11 is 0. The second-order valence-electron chi connectivity index (χ2n) is 16.0. The number of aliphatic hydroxyl groups excluding tert-OH is 2. The molecule has 8 nitrogen and oxygen atoms in total. The number of ether oxygens (including phenoxy) is 2. The lowest BCUT2D eigenvalue weighted by atomic mass is 9.59. The first-order valence-electron chi connectivity index (χ1n) is 19.3. The minimum absolute atomic E-state index is 0.0382. The number of Topliss-reactive ketones (excluding diaryl/α,β-unsaturated/α-hetero) is 1. The Labute approximate surface area is 294 Å². The number of hydrogen-bond donors (Lipinski definition) is 3. The molecule has 2 fully saturated rings. The topological polar surface area (TPSA) is 130 Å². The molecule has 0 amide bonds. The van der Waals surface area contributed by atoms with Crippen LogP contribution >= 0.6 is 0 Å². The highest BCUT2D eigenvalue weighted by Gasteiger charge is 2.77. The van der Waals surface area contributed by atoms with E-state index in [1.807, 2.05) is 6.92 Å². The molecular formula is C41H64O8. The summed E-state index contributed by atoms with van der Waals surface area (Å²) in [6.45, 7) is 10.8. The van der Waals surface area contributed by atoms with Gasteiger partial charge in [0.15, 0.2) is 17.5 Å².